The van der Waals surface area contributed by atoms with Gasteiger partial charge in [0.05, 0.1) is 19.3 Å². The van der Waals surface area contributed by atoms with Crippen LogP contribution in [0.5, 0.6) is 0 Å². The lowest BCUT2D eigenvalue weighted by atomic mass is 10.0. The first-order valence-corrected chi connectivity index (χ1v) is 8.93. The molecule has 1 amide bonds. The van der Waals surface area contributed by atoms with Gasteiger partial charge in [0.25, 0.3) is 0 Å². The third-order valence-corrected chi connectivity index (χ3v) is 5.06. The molecule has 0 spiro atoms. The van der Waals surface area contributed by atoms with Crippen LogP contribution in [0.15, 0.2) is 30.3 Å². The molecule has 0 aromatic heterocycles. The maximum atomic E-state index is 12.5. The van der Waals surface area contributed by atoms with E-state index in [9.17, 15) is 4.79 Å². The molecule has 2 atom stereocenters. The molecule has 3 rings (SSSR count). The van der Waals surface area contributed by atoms with E-state index in [0.29, 0.717) is 18.5 Å². The second-order valence-electron chi connectivity index (χ2n) is 6.70. The molecule has 4 heteroatoms. The zero-order valence-electron chi connectivity index (χ0n) is 14.1. The van der Waals surface area contributed by atoms with E-state index in [4.69, 9.17) is 4.74 Å². The average Bonchev–Trinajstić information content (AvgIpc) is 2.60. The van der Waals surface area contributed by atoms with Gasteiger partial charge in [-0.05, 0) is 18.4 Å². The van der Waals surface area contributed by atoms with Gasteiger partial charge in [0.15, 0.2) is 0 Å². The van der Waals surface area contributed by atoms with Crippen molar-refractivity contribution in [1.82, 2.24) is 9.80 Å². The normalized spacial score (nSPS) is 25.2. The first kappa shape index (κ1) is 16.5. The number of hydrogen-bond acceptors (Lipinski definition) is 3. The van der Waals surface area contributed by atoms with Gasteiger partial charge in [-0.1, -0.05) is 43.7 Å². The number of rotatable bonds is 5. The van der Waals surface area contributed by atoms with E-state index in [1.54, 1.807) is 0 Å². The smallest absolute Gasteiger partial charge is 0.223 e. The molecular weight excluding hydrogens is 288 g/mol. The highest BCUT2D eigenvalue weighted by Crippen LogP contribution is 2.22. The Hall–Kier alpha value is -1.39. The van der Waals surface area contributed by atoms with Crippen molar-refractivity contribution in [2.24, 2.45) is 0 Å². The monoisotopic (exact) mass is 316 g/mol. The van der Waals surface area contributed by atoms with Crippen molar-refractivity contribution in [2.75, 3.05) is 32.8 Å². The van der Waals surface area contributed by atoms with E-state index >= 15 is 0 Å². The second kappa shape index (κ2) is 7.93. The van der Waals surface area contributed by atoms with Gasteiger partial charge in [-0.2, -0.15) is 0 Å². The Balaban J connectivity index is 1.51. The molecule has 2 aliphatic rings. The minimum atomic E-state index is 0.283. The van der Waals surface area contributed by atoms with Crippen molar-refractivity contribution >= 4 is 5.91 Å². The summed E-state index contributed by atoms with van der Waals surface area (Å²) < 4.78 is 5.78. The number of carbonyl (C=O) groups is 1. The van der Waals surface area contributed by atoms with Crippen LogP contribution < -0.4 is 0 Å². The molecule has 0 bridgehead atoms. The quantitative estimate of drug-likeness (QED) is 0.836. The predicted molar refractivity (Wildman–Crippen MR) is 91.4 cm³/mol. The van der Waals surface area contributed by atoms with Crippen LogP contribution in [0.1, 0.15) is 31.7 Å². The molecule has 23 heavy (non-hydrogen) atoms. The maximum absolute atomic E-state index is 12.5. The Morgan fingerprint density at radius 2 is 2.04 bits per heavy atom. The minimum absolute atomic E-state index is 0.283. The van der Waals surface area contributed by atoms with Gasteiger partial charge in [0.1, 0.15) is 0 Å². The molecule has 2 fully saturated rings. The molecule has 1 aromatic carbocycles. The fourth-order valence-corrected chi connectivity index (χ4v) is 3.80. The Morgan fingerprint density at radius 3 is 2.83 bits per heavy atom. The van der Waals surface area contributed by atoms with Crippen LogP contribution in [0.4, 0.5) is 0 Å². The lowest BCUT2D eigenvalue weighted by Gasteiger charge is -2.48. The van der Waals surface area contributed by atoms with Crippen LogP contribution in [0.25, 0.3) is 0 Å². The summed E-state index contributed by atoms with van der Waals surface area (Å²) in [4.78, 5) is 17.1. The maximum Gasteiger partial charge on any atom is 0.223 e. The SMILES string of the molecule is CCC[C@H]1COC[C@H]2CN(C(=O)CCc3ccccc3)CCN12. The summed E-state index contributed by atoms with van der Waals surface area (Å²) >= 11 is 0. The highest BCUT2D eigenvalue weighted by Gasteiger charge is 2.36. The van der Waals surface area contributed by atoms with Crippen molar-refractivity contribution in [3.8, 4) is 0 Å². The summed E-state index contributed by atoms with van der Waals surface area (Å²) in [6.45, 7) is 6.54. The first-order valence-electron chi connectivity index (χ1n) is 8.93. The van der Waals surface area contributed by atoms with Gasteiger partial charge in [0.2, 0.25) is 5.91 Å². The number of carbonyl (C=O) groups excluding carboxylic acids is 1. The molecule has 1 aromatic rings. The van der Waals surface area contributed by atoms with E-state index < -0.39 is 0 Å². The Morgan fingerprint density at radius 1 is 1.22 bits per heavy atom. The summed E-state index contributed by atoms with van der Waals surface area (Å²) in [6.07, 6.45) is 3.82. The summed E-state index contributed by atoms with van der Waals surface area (Å²) in [7, 11) is 0. The van der Waals surface area contributed by atoms with Crippen molar-refractivity contribution in [2.45, 2.75) is 44.7 Å². The van der Waals surface area contributed by atoms with Crippen LogP contribution in [0, 0.1) is 0 Å². The van der Waals surface area contributed by atoms with Crippen LogP contribution >= 0.6 is 0 Å². The minimum Gasteiger partial charge on any atom is -0.378 e. The number of benzene rings is 1. The van der Waals surface area contributed by atoms with E-state index in [2.05, 4.69) is 24.0 Å². The Kier molecular flexibility index (Phi) is 5.68. The molecule has 126 valence electrons. The average molecular weight is 316 g/mol. The molecule has 0 aliphatic carbocycles. The molecule has 0 radical (unpaired) electrons. The fourth-order valence-electron chi connectivity index (χ4n) is 3.80. The van der Waals surface area contributed by atoms with Crippen LogP contribution in [-0.4, -0.2) is 60.6 Å². The van der Waals surface area contributed by atoms with E-state index in [1.165, 1.54) is 18.4 Å². The Bertz CT molecular complexity index is 503. The number of fused-ring (bicyclic) bond motifs is 1. The lowest BCUT2D eigenvalue weighted by Crippen LogP contribution is -2.62. The third kappa shape index (κ3) is 4.12. The number of aryl methyl sites for hydroxylation is 1. The summed E-state index contributed by atoms with van der Waals surface area (Å²) in [5.74, 6) is 0.283. The number of morpholine rings is 1. The standard InChI is InChI=1S/C19H28N2O2/c1-2-6-17-14-23-15-18-13-20(11-12-21(17)18)19(22)10-9-16-7-4-3-5-8-16/h3-5,7-8,17-18H,2,6,9-15H2,1H3/t17-,18+/m0/s1. The zero-order chi connectivity index (χ0) is 16.1. The number of piperazine rings is 1. The van der Waals surface area contributed by atoms with Gasteiger partial charge in [0, 0.05) is 32.1 Å². The van der Waals surface area contributed by atoms with Gasteiger partial charge in [-0.3, -0.25) is 9.69 Å². The summed E-state index contributed by atoms with van der Waals surface area (Å²) in [6, 6.07) is 11.2. The fraction of sp³-hybridized carbons (Fsp3) is 0.632. The molecule has 2 aliphatic heterocycles. The van der Waals surface area contributed by atoms with Crippen molar-refractivity contribution in [1.29, 1.82) is 0 Å². The van der Waals surface area contributed by atoms with Crippen LogP contribution in [0.3, 0.4) is 0 Å². The number of amides is 1. The topological polar surface area (TPSA) is 32.8 Å². The van der Waals surface area contributed by atoms with Crippen molar-refractivity contribution < 1.29 is 9.53 Å². The van der Waals surface area contributed by atoms with Crippen molar-refractivity contribution in [3.63, 3.8) is 0 Å². The van der Waals surface area contributed by atoms with Gasteiger partial charge < -0.3 is 9.64 Å². The van der Waals surface area contributed by atoms with E-state index in [1.807, 2.05) is 23.1 Å². The zero-order valence-corrected chi connectivity index (χ0v) is 14.1. The molecule has 0 unspecified atom stereocenters. The third-order valence-electron chi connectivity index (χ3n) is 5.06. The Labute approximate surface area is 139 Å². The lowest BCUT2D eigenvalue weighted by molar-refractivity contribution is -0.139. The van der Waals surface area contributed by atoms with E-state index in [0.717, 1.165) is 39.3 Å². The summed E-state index contributed by atoms with van der Waals surface area (Å²) in [5, 5.41) is 0. The van der Waals surface area contributed by atoms with Gasteiger partial charge in [-0.25, -0.2) is 0 Å². The largest absolute Gasteiger partial charge is 0.378 e. The van der Waals surface area contributed by atoms with Crippen LogP contribution in [-0.2, 0) is 16.0 Å². The molecule has 4 nitrogen and oxygen atoms in total. The molecule has 2 heterocycles. The second-order valence-corrected chi connectivity index (χ2v) is 6.70. The van der Waals surface area contributed by atoms with Gasteiger partial charge >= 0.3 is 0 Å². The van der Waals surface area contributed by atoms with Crippen molar-refractivity contribution in [3.05, 3.63) is 35.9 Å². The summed E-state index contributed by atoms with van der Waals surface area (Å²) in [5.41, 5.74) is 1.24. The molecule has 0 saturated carbocycles. The predicted octanol–water partition coefficient (Wildman–Crippen LogP) is 2.33. The highest BCUT2D eigenvalue weighted by molar-refractivity contribution is 5.76. The first-order chi connectivity index (χ1) is 11.3. The number of hydrogen-bond donors (Lipinski definition) is 0. The molecule has 0 N–H and O–H groups in total. The van der Waals surface area contributed by atoms with E-state index in [-0.39, 0.29) is 5.91 Å². The highest BCUT2D eigenvalue weighted by atomic mass is 16.5. The van der Waals surface area contributed by atoms with Crippen LogP contribution in [0.2, 0.25) is 0 Å². The number of ether oxygens (including phenoxy) is 1. The number of nitrogens with zero attached hydrogens (tertiary/aromatic N) is 2. The molecule has 2 saturated heterocycles. The molecular formula is C19H28N2O2. The van der Waals surface area contributed by atoms with Gasteiger partial charge in [-0.15, -0.1) is 0 Å².